The fourth-order valence-electron chi connectivity index (χ4n) is 1.25. The summed E-state index contributed by atoms with van der Waals surface area (Å²) < 4.78 is 0. The third-order valence-electron chi connectivity index (χ3n) is 2.04. The van der Waals surface area contributed by atoms with Gasteiger partial charge in [-0.25, -0.2) is 0 Å². The van der Waals surface area contributed by atoms with Gasteiger partial charge in [0, 0.05) is 18.3 Å². The Morgan fingerprint density at radius 1 is 1.73 bits per heavy atom. The lowest BCUT2D eigenvalue weighted by atomic mass is 10.0. The zero-order valence-electron chi connectivity index (χ0n) is 8.08. The number of aromatic nitrogens is 1. The summed E-state index contributed by atoms with van der Waals surface area (Å²) in [5.41, 5.74) is 0.0823. The Labute approximate surface area is 85.7 Å². The highest BCUT2D eigenvalue weighted by atomic mass is 16.6. The average Bonchev–Trinajstić information content (AvgIpc) is 2.18. The maximum Gasteiger partial charge on any atom is 0.312 e. The van der Waals surface area contributed by atoms with Gasteiger partial charge in [-0.15, -0.1) is 0 Å². The number of nitro groups is 1. The molecule has 0 aliphatic rings. The van der Waals surface area contributed by atoms with E-state index in [-0.39, 0.29) is 11.4 Å². The lowest BCUT2D eigenvalue weighted by molar-refractivity contribution is -0.385. The predicted octanol–water partition coefficient (Wildman–Crippen LogP) is 1.57. The second-order valence-corrected chi connectivity index (χ2v) is 3.00. The van der Waals surface area contributed by atoms with Crippen molar-refractivity contribution in [1.29, 1.82) is 0 Å². The van der Waals surface area contributed by atoms with Gasteiger partial charge < -0.3 is 5.11 Å². The highest BCUT2D eigenvalue weighted by molar-refractivity contribution is 5.75. The largest absolute Gasteiger partial charge is 0.481 e. The van der Waals surface area contributed by atoms with Crippen LogP contribution in [0.5, 0.6) is 0 Å². The summed E-state index contributed by atoms with van der Waals surface area (Å²) in [4.78, 5) is 24.5. The summed E-state index contributed by atoms with van der Waals surface area (Å²) in [5, 5.41) is 19.3. The molecule has 0 spiro atoms. The summed E-state index contributed by atoms with van der Waals surface area (Å²) >= 11 is 0. The first-order valence-corrected chi connectivity index (χ1v) is 4.39. The van der Waals surface area contributed by atoms with Crippen LogP contribution in [-0.4, -0.2) is 21.0 Å². The van der Waals surface area contributed by atoms with E-state index >= 15 is 0 Å². The first-order valence-electron chi connectivity index (χ1n) is 4.39. The normalized spacial score (nSPS) is 12.1. The van der Waals surface area contributed by atoms with Gasteiger partial charge in [-0.2, -0.15) is 0 Å². The van der Waals surface area contributed by atoms with Crippen LogP contribution in [0.4, 0.5) is 5.69 Å². The Balaban J connectivity index is 3.08. The van der Waals surface area contributed by atoms with Gasteiger partial charge in [0.25, 0.3) is 5.69 Å². The second-order valence-electron chi connectivity index (χ2n) is 3.00. The molecule has 1 aromatic heterocycles. The SMILES string of the molecule is CCC(C(=O)O)c1cc([N+](=O)[O-])ccn1. The van der Waals surface area contributed by atoms with E-state index in [1.54, 1.807) is 6.92 Å². The number of pyridine rings is 1. The number of hydrogen-bond acceptors (Lipinski definition) is 4. The fraction of sp³-hybridized carbons (Fsp3) is 0.333. The Morgan fingerprint density at radius 2 is 2.40 bits per heavy atom. The Hall–Kier alpha value is -1.98. The van der Waals surface area contributed by atoms with Crippen LogP contribution in [0.25, 0.3) is 0 Å². The van der Waals surface area contributed by atoms with E-state index in [0.717, 1.165) is 0 Å². The highest BCUT2D eigenvalue weighted by Crippen LogP contribution is 2.21. The number of nitrogens with zero attached hydrogens (tertiary/aromatic N) is 2. The third-order valence-corrected chi connectivity index (χ3v) is 2.04. The van der Waals surface area contributed by atoms with Crippen LogP contribution >= 0.6 is 0 Å². The van der Waals surface area contributed by atoms with Gasteiger partial charge in [0.1, 0.15) is 0 Å². The molecular weight excluding hydrogens is 200 g/mol. The summed E-state index contributed by atoms with van der Waals surface area (Å²) in [6, 6.07) is 2.43. The van der Waals surface area contributed by atoms with Crippen molar-refractivity contribution in [3.8, 4) is 0 Å². The van der Waals surface area contributed by atoms with Crippen molar-refractivity contribution in [3.05, 3.63) is 34.1 Å². The number of carbonyl (C=O) groups is 1. The monoisotopic (exact) mass is 210 g/mol. The molecule has 0 amide bonds. The van der Waals surface area contributed by atoms with Crippen LogP contribution in [0.15, 0.2) is 18.3 Å². The molecule has 1 rings (SSSR count). The minimum absolute atomic E-state index is 0.139. The van der Waals surface area contributed by atoms with Gasteiger partial charge >= 0.3 is 5.97 Å². The standard InChI is InChI=1S/C9H10N2O4/c1-2-7(9(12)13)8-5-6(11(14)15)3-4-10-8/h3-5,7H,2H2,1H3,(H,12,13). The zero-order valence-corrected chi connectivity index (χ0v) is 8.08. The quantitative estimate of drug-likeness (QED) is 0.601. The lowest BCUT2D eigenvalue weighted by Crippen LogP contribution is -2.12. The molecule has 1 N–H and O–H groups in total. The maximum atomic E-state index is 10.8. The number of rotatable bonds is 4. The highest BCUT2D eigenvalue weighted by Gasteiger charge is 2.21. The van der Waals surface area contributed by atoms with Crippen molar-refractivity contribution in [3.63, 3.8) is 0 Å². The van der Waals surface area contributed by atoms with Gasteiger partial charge in [-0.05, 0) is 6.42 Å². The van der Waals surface area contributed by atoms with Gasteiger partial charge in [0.2, 0.25) is 0 Å². The molecule has 1 heterocycles. The molecule has 1 atom stereocenters. The fourth-order valence-corrected chi connectivity index (χ4v) is 1.25. The molecule has 1 aromatic rings. The van der Waals surface area contributed by atoms with Gasteiger partial charge in [0.05, 0.1) is 16.5 Å². The Kier molecular flexibility index (Phi) is 3.33. The van der Waals surface area contributed by atoms with Crippen molar-refractivity contribution >= 4 is 11.7 Å². The molecule has 0 saturated heterocycles. The first-order chi connectivity index (χ1) is 7.06. The predicted molar refractivity (Wildman–Crippen MR) is 51.6 cm³/mol. The Morgan fingerprint density at radius 3 is 2.87 bits per heavy atom. The van der Waals surface area contributed by atoms with Crippen LogP contribution in [0, 0.1) is 10.1 Å². The summed E-state index contributed by atoms with van der Waals surface area (Å²) in [6.07, 6.45) is 1.60. The van der Waals surface area contributed by atoms with Crippen LogP contribution in [-0.2, 0) is 4.79 Å². The number of carboxylic acids is 1. The molecule has 15 heavy (non-hydrogen) atoms. The second kappa shape index (κ2) is 4.50. The van der Waals surface area contributed by atoms with E-state index in [0.29, 0.717) is 6.42 Å². The molecule has 0 aliphatic carbocycles. The molecule has 1 unspecified atom stereocenters. The molecule has 0 aromatic carbocycles. The van der Waals surface area contributed by atoms with E-state index < -0.39 is 16.8 Å². The number of carboxylic acid groups (broad SMARTS) is 1. The van der Waals surface area contributed by atoms with Gasteiger partial charge in [-0.3, -0.25) is 19.9 Å². The molecule has 0 bridgehead atoms. The molecule has 0 fully saturated rings. The first kappa shape index (κ1) is 11.1. The topological polar surface area (TPSA) is 93.3 Å². The van der Waals surface area contributed by atoms with E-state index in [1.165, 1.54) is 18.3 Å². The summed E-state index contributed by atoms with van der Waals surface area (Å²) in [7, 11) is 0. The van der Waals surface area contributed by atoms with Crippen LogP contribution in [0.3, 0.4) is 0 Å². The number of hydrogen-bond donors (Lipinski definition) is 1. The average molecular weight is 210 g/mol. The molecule has 6 heteroatoms. The van der Waals surface area contributed by atoms with E-state index in [9.17, 15) is 14.9 Å². The van der Waals surface area contributed by atoms with Crippen molar-refractivity contribution in [2.45, 2.75) is 19.3 Å². The third kappa shape index (κ3) is 2.49. The zero-order chi connectivity index (χ0) is 11.4. The minimum atomic E-state index is -1.02. The summed E-state index contributed by atoms with van der Waals surface area (Å²) in [5.74, 6) is -1.81. The van der Waals surface area contributed by atoms with Crippen molar-refractivity contribution in [2.24, 2.45) is 0 Å². The van der Waals surface area contributed by atoms with Gasteiger partial charge in [-0.1, -0.05) is 6.92 Å². The van der Waals surface area contributed by atoms with Crippen molar-refractivity contribution in [2.75, 3.05) is 0 Å². The van der Waals surface area contributed by atoms with E-state index in [1.807, 2.05) is 0 Å². The number of aliphatic carboxylic acids is 1. The van der Waals surface area contributed by atoms with Gasteiger partial charge in [0.15, 0.2) is 0 Å². The summed E-state index contributed by atoms with van der Waals surface area (Å²) in [6.45, 7) is 1.69. The molecular formula is C9H10N2O4. The van der Waals surface area contributed by atoms with Crippen molar-refractivity contribution in [1.82, 2.24) is 4.98 Å². The van der Waals surface area contributed by atoms with E-state index in [4.69, 9.17) is 5.11 Å². The van der Waals surface area contributed by atoms with E-state index in [2.05, 4.69) is 4.98 Å². The van der Waals surface area contributed by atoms with Crippen LogP contribution in [0.1, 0.15) is 25.0 Å². The molecule has 80 valence electrons. The molecule has 6 nitrogen and oxygen atoms in total. The molecule has 0 aliphatic heterocycles. The lowest BCUT2D eigenvalue weighted by Gasteiger charge is -2.07. The van der Waals surface area contributed by atoms with Crippen LogP contribution in [0.2, 0.25) is 0 Å². The maximum absolute atomic E-state index is 10.8. The Bertz CT molecular complexity index is 391. The minimum Gasteiger partial charge on any atom is -0.481 e. The molecule has 0 radical (unpaired) electrons. The van der Waals surface area contributed by atoms with Crippen molar-refractivity contribution < 1.29 is 14.8 Å². The smallest absolute Gasteiger partial charge is 0.312 e. The van der Waals surface area contributed by atoms with Crippen LogP contribution < -0.4 is 0 Å². The molecule has 0 saturated carbocycles.